The van der Waals surface area contributed by atoms with Crippen LogP contribution in [0.5, 0.6) is 0 Å². The van der Waals surface area contributed by atoms with E-state index < -0.39 is 12.0 Å². The summed E-state index contributed by atoms with van der Waals surface area (Å²) < 4.78 is 1.41. The van der Waals surface area contributed by atoms with Gasteiger partial charge in [-0.1, -0.05) is 0 Å². The van der Waals surface area contributed by atoms with E-state index in [0.717, 1.165) is 12.8 Å². The van der Waals surface area contributed by atoms with Crippen molar-refractivity contribution in [3.05, 3.63) is 22.7 Å². The van der Waals surface area contributed by atoms with Crippen molar-refractivity contribution in [1.29, 1.82) is 0 Å². The summed E-state index contributed by atoms with van der Waals surface area (Å²) >= 11 is 1.26. The number of piperidine rings is 1. The second kappa shape index (κ2) is 5.60. The van der Waals surface area contributed by atoms with Crippen LogP contribution in [0.3, 0.4) is 0 Å². The lowest BCUT2D eigenvalue weighted by atomic mass is 10.0. The van der Waals surface area contributed by atoms with Gasteiger partial charge in [-0.3, -0.25) is 4.79 Å². The van der Waals surface area contributed by atoms with Crippen LogP contribution in [-0.4, -0.2) is 54.7 Å². The number of tetrazole rings is 1. The third-order valence-corrected chi connectivity index (χ3v) is 4.37. The first-order valence-electron chi connectivity index (χ1n) is 6.53. The Morgan fingerprint density at radius 3 is 2.95 bits per heavy atom. The Bertz CT molecular complexity index is 654. The minimum absolute atomic E-state index is 0.275. The topological polar surface area (TPSA) is 101 Å². The summed E-state index contributed by atoms with van der Waals surface area (Å²) in [7, 11) is 0. The highest BCUT2D eigenvalue weighted by atomic mass is 32.1. The van der Waals surface area contributed by atoms with Crippen LogP contribution in [0.25, 0.3) is 5.69 Å². The van der Waals surface area contributed by atoms with Crippen LogP contribution in [-0.2, 0) is 4.79 Å². The van der Waals surface area contributed by atoms with Crippen molar-refractivity contribution >= 4 is 23.2 Å². The fraction of sp³-hybridized carbons (Fsp3) is 0.417. The molecule has 0 saturated carbocycles. The van der Waals surface area contributed by atoms with Crippen LogP contribution < -0.4 is 0 Å². The maximum absolute atomic E-state index is 12.7. The Hall–Kier alpha value is -2.29. The maximum Gasteiger partial charge on any atom is 0.326 e. The van der Waals surface area contributed by atoms with Crippen LogP contribution in [0.4, 0.5) is 0 Å². The lowest BCUT2D eigenvalue weighted by molar-refractivity contribution is -0.143. The van der Waals surface area contributed by atoms with E-state index in [-0.39, 0.29) is 5.91 Å². The van der Waals surface area contributed by atoms with Crippen molar-refractivity contribution in [2.75, 3.05) is 6.54 Å². The van der Waals surface area contributed by atoms with E-state index in [1.807, 2.05) is 0 Å². The second-order valence-electron chi connectivity index (χ2n) is 4.74. The number of likely N-dealkylation sites (tertiary alicyclic amines) is 1. The molecule has 9 heteroatoms. The number of hydrogen-bond acceptors (Lipinski definition) is 6. The molecule has 21 heavy (non-hydrogen) atoms. The number of aliphatic carboxylic acids is 1. The van der Waals surface area contributed by atoms with Crippen LogP contribution in [0.2, 0.25) is 0 Å². The summed E-state index contributed by atoms with van der Waals surface area (Å²) in [6, 6.07) is 0.989. The molecule has 0 spiro atoms. The molecule has 110 valence electrons. The van der Waals surface area contributed by atoms with Crippen LogP contribution in [0.1, 0.15) is 28.9 Å². The largest absolute Gasteiger partial charge is 0.480 e. The molecule has 1 saturated heterocycles. The van der Waals surface area contributed by atoms with Gasteiger partial charge < -0.3 is 10.0 Å². The van der Waals surface area contributed by atoms with Gasteiger partial charge >= 0.3 is 5.97 Å². The summed E-state index contributed by atoms with van der Waals surface area (Å²) in [6.07, 6.45) is 3.54. The number of aromatic nitrogens is 4. The zero-order valence-electron chi connectivity index (χ0n) is 11.0. The van der Waals surface area contributed by atoms with Crippen LogP contribution in [0, 0.1) is 0 Å². The summed E-state index contributed by atoms with van der Waals surface area (Å²) in [5.41, 5.74) is 0.574. The first-order valence-corrected chi connectivity index (χ1v) is 7.41. The molecule has 1 amide bonds. The molecule has 1 aliphatic heterocycles. The first-order chi connectivity index (χ1) is 10.2. The van der Waals surface area contributed by atoms with Crippen molar-refractivity contribution in [1.82, 2.24) is 25.1 Å². The molecule has 3 rings (SSSR count). The van der Waals surface area contributed by atoms with Crippen molar-refractivity contribution in [3.63, 3.8) is 0 Å². The van der Waals surface area contributed by atoms with Gasteiger partial charge in [0.2, 0.25) is 0 Å². The van der Waals surface area contributed by atoms with E-state index in [1.54, 1.807) is 11.4 Å². The van der Waals surface area contributed by atoms with Crippen molar-refractivity contribution in [2.24, 2.45) is 0 Å². The second-order valence-corrected chi connectivity index (χ2v) is 5.65. The highest BCUT2D eigenvalue weighted by Crippen LogP contribution is 2.26. The first kappa shape index (κ1) is 13.7. The molecular formula is C12H13N5O3S. The summed E-state index contributed by atoms with van der Waals surface area (Å²) in [5.74, 6) is -1.23. The molecule has 0 aliphatic carbocycles. The molecule has 1 atom stereocenters. The van der Waals surface area contributed by atoms with Gasteiger partial charge in [-0.2, -0.15) is 4.68 Å². The van der Waals surface area contributed by atoms with Gasteiger partial charge in [0, 0.05) is 6.54 Å². The summed E-state index contributed by atoms with van der Waals surface area (Å²) in [4.78, 5) is 25.9. The van der Waals surface area contributed by atoms with Gasteiger partial charge in [0.1, 0.15) is 17.2 Å². The van der Waals surface area contributed by atoms with Crippen LogP contribution in [0.15, 0.2) is 17.8 Å². The normalized spacial score (nSPS) is 18.7. The Morgan fingerprint density at radius 1 is 1.38 bits per heavy atom. The molecule has 3 heterocycles. The number of nitrogens with zero attached hydrogens (tertiary/aromatic N) is 5. The molecule has 0 bridgehead atoms. The Labute approximate surface area is 124 Å². The highest BCUT2D eigenvalue weighted by Gasteiger charge is 2.34. The number of carboxylic acids is 1. The van der Waals surface area contributed by atoms with E-state index >= 15 is 0 Å². The predicted molar refractivity (Wildman–Crippen MR) is 73.3 cm³/mol. The predicted octanol–water partition coefficient (Wildman–Crippen LogP) is 0.803. The smallest absolute Gasteiger partial charge is 0.326 e. The fourth-order valence-electron chi connectivity index (χ4n) is 2.48. The molecule has 0 unspecified atom stereocenters. The number of amides is 1. The summed E-state index contributed by atoms with van der Waals surface area (Å²) in [5, 5.41) is 21.9. The zero-order chi connectivity index (χ0) is 14.8. The van der Waals surface area contributed by atoms with Crippen molar-refractivity contribution in [3.8, 4) is 5.69 Å². The Balaban J connectivity index is 1.92. The number of carbonyl (C=O) groups is 2. The average molecular weight is 307 g/mol. The monoisotopic (exact) mass is 307 g/mol. The van der Waals surface area contributed by atoms with E-state index in [0.29, 0.717) is 23.5 Å². The van der Waals surface area contributed by atoms with Gasteiger partial charge in [-0.15, -0.1) is 16.4 Å². The summed E-state index contributed by atoms with van der Waals surface area (Å²) in [6.45, 7) is 0.461. The molecule has 1 N–H and O–H groups in total. The highest BCUT2D eigenvalue weighted by molar-refractivity contribution is 7.12. The number of carbonyl (C=O) groups excluding carboxylic acids is 1. The minimum atomic E-state index is -0.955. The SMILES string of the molecule is O=C(O)[C@@H]1CCCCN1C(=O)c1sccc1-n1cnnn1. The van der Waals surface area contributed by atoms with Gasteiger partial charge in [0.25, 0.3) is 5.91 Å². The fourth-order valence-corrected chi connectivity index (χ4v) is 3.31. The van der Waals surface area contributed by atoms with E-state index in [1.165, 1.54) is 27.2 Å². The molecule has 2 aromatic rings. The quantitative estimate of drug-likeness (QED) is 0.900. The van der Waals surface area contributed by atoms with Gasteiger partial charge in [0.15, 0.2) is 0 Å². The van der Waals surface area contributed by atoms with E-state index in [9.17, 15) is 14.7 Å². The Kier molecular flexibility index (Phi) is 3.65. The maximum atomic E-state index is 12.7. The zero-order valence-corrected chi connectivity index (χ0v) is 11.9. The molecule has 1 aliphatic rings. The van der Waals surface area contributed by atoms with Crippen molar-refractivity contribution in [2.45, 2.75) is 25.3 Å². The number of carboxylic acid groups (broad SMARTS) is 1. The number of thiophene rings is 1. The lowest BCUT2D eigenvalue weighted by Crippen LogP contribution is -2.47. The number of hydrogen-bond donors (Lipinski definition) is 1. The third-order valence-electron chi connectivity index (χ3n) is 3.48. The van der Waals surface area contributed by atoms with E-state index in [4.69, 9.17) is 0 Å². The average Bonchev–Trinajstić information content (AvgIpc) is 3.16. The van der Waals surface area contributed by atoms with Crippen LogP contribution >= 0.6 is 11.3 Å². The molecule has 0 radical (unpaired) electrons. The van der Waals surface area contributed by atoms with Gasteiger partial charge in [-0.05, 0) is 41.1 Å². The molecule has 1 fully saturated rings. The Morgan fingerprint density at radius 2 is 2.24 bits per heavy atom. The molecule has 8 nitrogen and oxygen atoms in total. The molecule has 0 aromatic carbocycles. The standard InChI is InChI=1S/C12H13N5O3S/c18-11(16-5-2-1-3-9(16)12(19)20)10-8(4-6-21-10)17-7-13-14-15-17/h4,6-7,9H,1-3,5H2,(H,19,20)/t9-/m0/s1. The number of rotatable bonds is 3. The van der Waals surface area contributed by atoms with Gasteiger partial charge in [0.05, 0.1) is 5.69 Å². The van der Waals surface area contributed by atoms with Crippen molar-refractivity contribution < 1.29 is 14.7 Å². The molecule has 2 aromatic heterocycles. The lowest BCUT2D eigenvalue weighted by Gasteiger charge is -2.32. The van der Waals surface area contributed by atoms with Gasteiger partial charge in [-0.25, -0.2) is 4.79 Å². The van der Waals surface area contributed by atoms with E-state index in [2.05, 4.69) is 15.5 Å². The molecular weight excluding hydrogens is 294 g/mol. The third kappa shape index (κ3) is 2.51. The minimum Gasteiger partial charge on any atom is -0.480 e.